The van der Waals surface area contributed by atoms with E-state index in [1.807, 2.05) is 54.3 Å². The molecule has 114 valence electrons. The van der Waals surface area contributed by atoms with Gasteiger partial charge in [0, 0.05) is 17.4 Å². The summed E-state index contributed by atoms with van der Waals surface area (Å²) in [5.41, 5.74) is 2.99. The van der Waals surface area contributed by atoms with Gasteiger partial charge in [-0.1, -0.05) is 18.2 Å². The highest BCUT2D eigenvalue weighted by Crippen LogP contribution is 2.32. The van der Waals surface area contributed by atoms with Crippen LogP contribution in [0, 0.1) is 0 Å². The van der Waals surface area contributed by atoms with Crippen LogP contribution in [0.1, 0.15) is 19.4 Å². The molecule has 0 aliphatic carbocycles. The van der Waals surface area contributed by atoms with E-state index in [9.17, 15) is 4.79 Å². The molecule has 1 aliphatic rings. The van der Waals surface area contributed by atoms with Gasteiger partial charge in [-0.05, 0) is 56.2 Å². The molecule has 0 spiro atoms. The summed E-state index contributed by atoms with van der Waals surface area (Å²) in [5, 5.41) is 2.96. The zero-order valence-corrected chi connectivity index (χ0v) is 12.9. The second-order valence-electron chi connectivity index (χ2n) is 5.44. The predicted molar refractivity (Wildman–Crippen MR) is 88.7 cm³/mol. The number of benzene rings is 2. The molecule has 2 aromatic rings. The maximum Gasteiger partial charge on any atom is 0.326 e. The summed E-state index contributed by atoms with van der Waals surface area (Å²) in [5.74, 6) is 0.806. The van der Waals surface area contributed by atoms with E-state index >= 15 is 0 Å². The molecule has 0 fully saturated rings. The van der Waals surface area contributed by atoms with Gasteiger partial charge in [0.1, 0.15) is 5.75 Å². The summed E-state index contributed by atoms with van der Waals surface area (Å²) in [6.07, 6.45) is 0.896. The van der Waals surface area contributed by atoms with Crippen molar-refractivity contribution >= 4 is 17.4 Å². The number of carbonyl (C=O) groups excluding carboxylic acids is 1. The first-order valence-electron chi connectivity index (χ1n) is 7.60. The molecule has 1 N–H and O–H groups in total. The Morgan fingerprint density at radius 1 is 1.23 bits per heavy atom. The molecule has 1 aliphatic heterocycles. The average molecular weight is 296 g/mol. The average Bonchev–Trinajstić information content (AvgIpc) is 2.85. The normalized spacial score (nSPS) is 16.3. The molecule has 2 amide bonds. The number of rotatable bonds is 3. The van der Waals surface area contributed by atoms with Crippen molar-refractivity contribution in [2.75, 3.05) is 16.8 Å². The van der Waals surface area contributed by atoms with Crippen LogP contribution < -0.4 is 15.0 Å². The Bertz CT molecular complexity index is 667. The topological polar surface area (TPSA) is 41.6 Å². The minimum Gasteiger partial charge on any atom is -0.494 e. The van der Waals surface area contributed by atoms with Crippen LogP contribution in [0.15, 0.2) is 48.5 Å². The van der Waals surface area contributed by atoms with Crippen LogP contribution in [0.3, 0.4) is 0 Å². The van der Waals surface area contributed by atoms with Crippen molar-refractivity contribution in [1.29, 1.82) is 0 Å². The standard InChI is InChI=1S/C18H20N2O2/c1-3-22-16-10-8-15(9-11-16)19-18(21)20-13(2)12-14-6-4-5-7-17(14)20/h4-11,13H,3,12H2,1-2H3,(H,19,21). The van der Waals surface area contributed by atoms with Crippen LogP contribution in [-0.2, 0) is 6.42 Å². The van der Waals surface area contributed by atoms with Crippen LogP contribution in [0.5, 0.6) is 5.75 Å². The van der Waals surface area contributed by atoms with Crippen molar-refractivity contribution in [1.82, 2.24) is 0 Å². The van der Waals surface area contributed by atoms with E-state index < -0.39 is 0 Å². The second-order valence-corrected chi connectivity index (χ2v) is 5.44. The minimum absolute atomic E-state index is 0.0957. The van der Waals surface area contributed by atoms with Crippen molar-refractivity contribution < 1.29 is 9.53 Å². The second kappa shape index (κ2) is 6.10. The smallest absolute Gasteiger partial charge is 0.326 e. The fraction of sp³-hybridized carbons (Fsp3) is 0.278. The third-order valence-electron chi connectivity index (χ3n) is 3.84. The van der Waals surface area contributed by atoms with Crippen LogP contribution in [0.25, 0.3) is 0 Å². The first-order valence-corrected chi connectivity index (χ1v) is 7.60. The Hall–Kier alpha value is -2.49. The number of urea groups is 1. The number of hydrogen-bond donors (Lipinski definition) is 1. The molecule has 0 saturated carbocycles. The van der Waals surface area contributed by atoms with Crippen LogP contribution >= 0.6 is 0 Å². The lowest BCUT2D eigenvalue weighted by Crippen LogP contribution is -2.39. The fourth-order valence-corrected chi connectivity index (χ4v) is 2.86. The van der Waals surface area contributed by atoms with Gasteiger partial charge in [0.25, 0.3) is 0 Å². The highest BCUT2D eigenvalue weighted by Gasteiger charge is 2.30. The molecule has 4 heteroatoms. The van der Waals surface area contributed by atoms with Gasteiger partial charge in [0.05, 0.1) is 6.61 Å². The molecule has 0 saturated heterocycles. The van der Waals surface area contributed by atoms with Crippen LogP contribution in [0.4, 0.5) is 16.2 Å². The van der Waals surface area contributed by atoms with E-state index in [-0.39, 0.29) is 12.1 Å². The number of para-hydroxylation sites is 1. The number of anilines is 2. The van der Waals surface area contributed by atoms with Crippen molar-refractivity contribution in [3.8, 4) is 5.75 Å². The van der Waals surface area contributed by atoms with E-state index in [1.54, 1.807) is 0 Å². The van der Waals surface area contributed by atoms with Crippen molar-refractivity contribution in [3.63, 3.8) is 0 Å². The summed E-state index contributed by atoms with van der Waals surface area (Å²) in [4.78, 5) is 14.4. The molecule has 1 unspecified atom stereocenters. The molecule has 1 heterocycles. The molecule has 0 aromatic heterocycles. The van der Waals surface area contributed by atoms with Gasteiger partial charge in [0.2, 0.25) is 0 Å². The summed E-state index contributed by atoms with van der Waals surface area (Å²) in [6, 6.07) is 15.6. The van der Waals surface area contributed by atoms with Gasteiger partial charge >= 0.3 is 6.03 Å². The van der Waals surface area contributed by atoms with Crippen molar-refractivity contribution in [2.45, 2.75) is 26.3 Å². The van der Waals surface area contributed by atoms with Gasteiger partial charge in [-0.3, -0.25) is 4.90 Å². The Morgan fingerprint density at radius 3 is 2.68 bits per heavy atom. The molecular weight excluding hydrogens is 276 g/mol. The number of carbonyl (C=O) groups is 1. The summed E-state index contributed by atoms with van der Waals surface area (Å²) >= 11 is 0. The molecule has 2 aromatic carbocycles. The quantitative estimate of drug-likeness (QED) is 0.927. The van der Waals surface area contributed by atoms with Gasteiger partial charge in [-0.25, -0.2) is 4.79 Å². The Kier molecular flexibility index (Phi) is 4.00. The molecule has 1 atom stereocenters. The number of amides is 2. The van der Waals surface area contributed by atoms with Crippen LogP contribution in [0.2, 0.25) is 0 Å². The third kappa shape index (κ3) is 2.77. The highest BCUT2D eigenvalue weighted by molar-refractivity contribution is 6.03. The van der Waals surface area contributed by atoms with Gasteiger partial charge in [-0.2, -0.15) is 0 Å². The molecule has 3 rings (SSSR count). The first kappa shape index (κ1) is 14.4. The number of ether oxygens (including phenoxy) is 1. The van der Waals surface area contributed by atoms with E-state index in [2.05, 4.69) is 18.3 Å². The largest absolute Gasteiger partial charge is 0.494 e. The molecule has 4 nitrogen and oxygen atoms in total. The van der Waals surface area contributed by atoms with Gasteiger partial charge < -0.3 is 10.1 Å². The van der Waals surface area contributed by atoms with E-state index in [4.69, 9.17) is 4.74 Å². The maximum atomic E-state index is 12.6. The minimum atomic E-state index is -0.0957. The number of fused-ring (bicyclic) bond motifs is 1. The lowest BCUT2D eigenvalue weighted by Gasteiger charge is -2.23. The summed E-state index contributed by atoms with van der Waals surface area (Å²) in [7, 11) is 0. The van der Waals surface area contributed by atoms with E-state index in [0.717, 1.165) is 23.5 Å². The highest BCUT2D eigenvalue weighted by atomic mass is 16.5. The summed E-state index contributed by atoms with van der Waals surface area (Å²) < 4.78 is 5.41. The first-order chi connectivity index (χ1) is 10.7. The van der Waals surface area contributed by atoms with Gasteiger partial charge in [0.15, 0.2) is 0 Å². The molecular formula is C18H20N2O2. The monoisotopic (exact) mass is 296 g/mol. The zero-order chi connectivity index (χ0) is 15.5. The van der Waals surface area contributed by atoms with Crippen molar-refractivity contribution in [3.05, 3.63) is 54.1 Å². The van der Waals surface area contributed by atoms with E-state index in [0.29, 0.717) is 6.61 Å². The maximum absolute atomic E-state index is 12.6. The Morgan fingerprint density at radius 2 is 1.95 bits per heavy atom. The number of nitrogens with one attached hydrogen (secondary N) is 1. The SMILES string of the molecule is CCOc1ccc(NC(=O)N2c3ccccc3CC2C)cc1. The predicted octanol–water partition coefficient (Wildman–Crippen LogP) is 4.07. The molecule has 0 bridgehead atoms. The summed E-state index contributed by atoms with van der Waals surface area (Å²) in [6.45, 7) is 4.65. The lowest BCUT2D eigenvalue weighted by molar-refractivity contribution is 0.256. The molecule has 22 heavy (non-hydrogen) atoms. The van der Waals surface area contributed by atoms with E-state index in [1.165, 1.54) is 5.56 Å². The number of nitrogens with zero attached hydrogens (tertiary/aromatic N) is 1. The van der Waals surface area contributed by atoms with Crippen molar-refractivity contribution in [2.24, 2.45) is 0 Å². The molecule has 0 radical (unpaired) electrons. The Labute approximate surface area is 130 Å². The van der Waals surface area contributed by atoms with Gasteiger partial charge in [-0.15, -0.1) is 0 Å². The fourth-order valence-electron chi connectivity index (χ4n) is 2.86. The lowest BCUT2D eigenvalue weighted by atomic mass is 10.1. The van der Waals surface area contributed by atoms with Crippen LogP contribution in [-0.4, -0.2) is 18.7 Å². The number of hydrogen-bond acceptors (Lipinski definition) is 2. The zero-order valence-electron chi connectivity index (χ0n) is 12.9. The third-order valence-corrected chi connectivity index (χ3v) is 3.84. The Balaban J connectivity index is 1.74.